The number of thiophene rings is 1. The molecule has 0 aliphatic heterocycles. The van der Waals surface area contributed by atoms with Crippen molar-refractivity contribution < 1.29 is 9.69 Å². The fourth-order valence-corrected chi connectivity index (χ4v) is 3.32. The first kappa shape index (κ1) is 16.4. The van der Waals surface area contributed by atoms with Crippen LogP contribution in [0, 0.1) is 0 Å². The Bertz CT molecular complexity index is 767. The van der Waals surface area contributed by atoms with Crippen molar-refractivity contribution in [2.24, 2.45) is 0 Å². The molecule has 3 nitrogen and oxygen atoms in total. The monoisotopic (exact) mass is 337 g/mol. The molecule has 2 aromatic carbocycles. The number of amides is 1. The van der Waals surface area contributed by atoms with Crippen LogP contribution in [0.5, 0.6) is 0 Å². The number of rotatable bonds is 6. The number of carbonyl (C=O) groups is 1. The summed E-state index contributed by atoms with van der Waals surface area (Å²) in [6.45, 7) is 1.95. The Hall–Kier alpha value is -2.43. The summed E-state index contributed by atoms with van der Waals surface area (Å²) in [7, 11) is 2.19. The highest BCUT2D eigenvalue weighted by Crippen LogP contribution is 2.10. The van der Waals surface area contributed by atoms with E-state index in [2.05, 4.69) is 29.2 Å². The lowest BCUT2D eigenvalue weighted by Crippen LogP contribution is -3.06. The quantitative estimate of drug-likeness (QED) is 0.711. The van der Waals surface area contributed by atoms with Crippen molar-refractivity contribution in [2.75, 3.05) is 12.4 Å². The topological polar surface area (TPSA) is 33.5 Å². The van der Waals surface area contributed by atoms with Gasteiger partial charge in [0, 0.05) is 22.4 Å². The standard InChI is InChI=1S/C20H20N2OS/c1-22(14-17-11-12-24-15-17)13-16-7-9-18(10-8-16)20(23)21-19-5-3-2-4-6-19/h2-12,15H,13-14H2,1H3,(H,21,23)/p+1. The minimum absolute atomic E-state index is 0.0771. The molecule has 1 amide bonds. The highest BCUT2D eigenvalue weighted by Gasteiger charge is 2.08. The molecule has 1 aromatic heterocycles. The Labute approximate surface area is 146 Å². The number of hydrogen-bond donors (Lipinski definition) is 2. The average molecular weight is 337 g/mol. The predicted molar refractivity (Wildman–Crippen MR) is 99.5 cm³/mol. The van der Waals surface area contributed by atoms with Crippen LogP contribution in [0.15, 0.2) is 71.4 Å². The molecule has 0 aliphatic rings. The summed E-state index contributed by atoms with van der Waals surface area (Å²) < 4.78 is 0. The van der Waals surface area contributed by atoms with E-state index in [4.69, 9.17) is 0 Å². The van der Waals surface area contributed by atoms with Crippen molar-refractivity contribution in [3.05, 3.63) is 88.1 Å². The summed E-state index contributed by atoms with van der Waals surface area (Å²) in [6, 6.07) is 19.6. The Morgan fingerprint density at radius 2 is 1.67 bits per heavy atom. The first-order chi connectivity index (χ1) is 11.7. The smallest absolute Gasteiger partial charge is 0.255 e. The summed E-state index contributed by atoms with van der Waals surface area (Å²) in [5.74, 6) is -0.0771. The molecule has 4 heteroatoms. The SMILES string of the molecule is C[NH+](Cc1ccc(C(=O)Nc2ccccc2)cc1)Cc1ccsc1. The Kier molecular flexibility index (Phi) is 5.41. The van der Waals surface area contributed by atoms with Gasteiger partial charge in [-0.1, -0.05) is 30.3 Å². The number of nitrogens with one attached hydrogen (secondary N) is 2. The lowest BCUT2D eigenvalue weighted by atomic mass is 10.1. The van der Waals surface area contributed by atoms with Gasteiger partial charge in [-0.2, -0.15) is 11.3 Å². The van der Waals surface area contributed by atoms with E-state index >= 15 is 0 Å². The summed E-state index contributed by atoms with van der Waals surface area (Å²) >= 11 is 1.74. The molecule has 3 rings (SSSR count). The summed E-state index contributed by atoms with van der Waals surface area (Å²) in [5.41, 5.74) is 4.10. The second kappa shape index (κ2) is 7.90. The van der Waals surface area contributed by atoms with Crippen LogP contribution in [0.1, 0.15) is 21.5 Å². The molecule has 0 bridgehead atoms. The van der Waals surface area contributed by atoms with Crippen molar-refractivity contribution in [3.63, 3.8) is 0 Å². The normalized spacial score (nSPS) is 11.9. The van der Waals surface area contributed by atoms with Crippen molar-refractivity contribution in [2.45, 2.75) is 13.1 Å². The molecule has 0 spiro atoms. The molecule has 122 valence electrons. The molecule has 1 heterocycles. The minimum atomic E-state index is -0.0771. The molecule has 0 saturated carbocycles. The van der Waals surface area contributed by atoms with Crippen molar-refractivity contribution >= 4 is 22.9 Å². The molecule has 24 heavy (non-hydrogen) atoms. The predicted octanol–water partition coefficient (Wildman–Crippen LogP) is 3.22. The zero-order valence-corrected chi connectivity index (χ0v) is 14.5. The number of quaternary nitrogens is 1. The van der Waals surface area contributed by atoms with Crippen LogP contribution >= 0.6 is 11.3 Å². The lowest BCUT2D eigenvalue weighted by molar-refractivity contribution is -0.907. The molecule has 0 radical (unpaired) electrons. The highest BCUT2D eigenvalue weighted by atomic mass is 32.1. The maximum atomic E-state index is 12.2. The third-order valence-electron chi connectivity index (χ3n) is 3.84. The van der Waals surface area contributed by atoms with Gasteiger partial charge in [0.1, 0.15) is 13.1 Å². The largest absolute Gasteiger partial charge is 0.330 e. The molecule has 3 aromatic rings. The van der Waals surface area contributed by atoms with Gasteiger partial charge in [-0.05, 0) is 41.1 Å². The molecular formula is C20H21N2OS+. The maximum Gasteiger partial charge on any atom is 0.255 e. The van der Waals surface area contributed by atoms with E-state index in [0.717, 1.165) is 18.8 Å². The van der Waals surface area contributed by atoms with E-state index in [1.54, 1.807) is 11.3 Å². The van der Waals surface area contributed by atoms with Crippen LogP contribution < -0.4 is 10.2 Å². The van der Waals surface area contributed by atoms with Crippen molar-refractivity contribution in [3.8, 4) is 0 Å². The van der Waals surface area contributed by atoms with E-state index in [1.807, 2.05) is 54.6 Å². The first-order valence-electron chi connectivity index (χ1n) is 7.98. The molecule has 0 fully saturated rings. The van der Waals surface area contributed by atoms with Gasteiger partial charge in [-0.15, -0.1) is 0 Å². The van der Waals surface area contributed by atoms with Gasteiger partial charge in [0.15, 0.2) is 0 Å². The van der Waals surface area contributed by atoms with Gasteiger partial charge < -0.3 is 10.2 Å². The van der Waals surface area contributed by atoms with E-state index in [-0.39, 0.29) is 5.91 Å². The van der Waals surface area contributed by atoms with Crippen molar-refractivity contribution in [1.82, 2.24) is 0 Å². The number of para-hydroxylation sites is 1. The number of hydrogen-bond acceptors (Lipinski definition) is 2. The Balaban J connectivity index is 1.57. The molecule has 2 N–H and O–H groups in total. The third-order valence-corrected chi connectivity index (χ3v) is 4.57. The van der Waals surface area contributed by atoms with Gasteiger partial charge in [0.25, 0.3) is 5.91 Å². The van der Waals surface area contributed by atoms with Crippen LogP contribution in [0.2, 0.25) is 0 Å². The molecular weight excluding hydrogens is 316 g/mol. The highest BCUT2D eigenvalue weighted by molar-refractivity contribution is 7.07. The zero-order chi connectivity index (χ0) is 16.8. The van der Waals surface area contributed by atoms with Gasteiger partial charge in [0.05, 0.1) is 7.05 Å². The van der Waals surface area contributed by atoms with E-state index < -0.39 is 0 Å². The van der Waals surface area contributed by atoms with Gasteiger partial charge in [0.2, 0.25) is 0 Å². The Morgan fingerprint density at radius 1 is 0.958 bits per heavy atom. The van der Waals surface area contributed by atoms with E-state index in [1.165, 1.54) is 16.0 Å². The third kappa shape index (κ3) is 4.54. The zero-order valence-electron chi connectivity index (χ0n) is 13.7. The van der Waals surface area contributed by atoms with Crippen LogP contribution in [0.3, 0.4) is 0 Å². The summed E-state index contributed by atoms with van der Waals surface area (Å²) in [6.07, 6.45) is 0. The van der Waals surface area contributed by atoms with Crippen LogP contribution in [0.25, 0.3) is 0 Å². The van der Waals surface area contributed by atoms with Crippen LogP contribution in [-0.2, 0) is 13.1 Å². The fourth-order valence-electron chi connectivity index (χ4n) is 2.65. The number of carbonyl (C=O) groups excluding carboxylic acids is 1. The second-order valence-corrected chi connectivity index (χ2v) is 6.74. The molecule has 1 atom stereocenters. The second-order valence-electron chi connectivity index (χ2n) is 5.96. The number of anilines is 1. The summed E-state index contributed by atoms with van der Waals surface area (Å²) in [4.78, 5) is 13.7. The van der Waals surface area contributed by atoms with Crippen LogP contribution in [0.4, 0.5) is 5.69 Å². The Morgan fingerprint density at radius 3 is 2.33 bits per heavy atom. The van der Waals surface area contributed by atoms with E-state index in [9.17, 15) is 4.79 Å². The minimum Gasteiger partial charge on any atom is -0.330 e. The average Bonchev–Trinajstić information content (AvgIpc) is 3.09. The lowest BCUT2D eigenvalue weighted by Gasteiger charge is -2.13. The molecule has 0 aliphatic carbocycles. The van der Waals surface area contributed by atoms with Crippen molar-refractivity contribution in [1.29, 1.82) is 0 Å². The van der Waals surface area contributed by atoms with Gasteiger partial charge in [-0.3, -0.25) is 4.79 Å². The van der Waals surface area contributed by atoms with E-state index in [0.29, 0.717) is 5.56 Å². The summed E-state index contributed by atoms with van der Waals surface area (Å²) in [5, 5.41) is 7.21. The maximum absolute atomic E-state index is 12.2. The first-order valence-corrected chi connectivity index (χ1v) is 8.93. The number of benzene rings is 2. The van der Waals surface area contributed by atoms with Crippen LogP contribution in [-0.4, -0.2) is 13.0 Å². The van der Waals surface area contributed by atoms with Gasteiger partial charge >= 0.3 is 0 Å². The molecule has 1 unspecified atom stereocenters. The van der Waals surface area contributed by atoms with Gasteiger partial charge in [-0.25, -0.2) is 0 Å². The molecule has 0 saturated heterocycles. The fraction of sp³-hybridized carbons (Fsp3) is 0.150.